The molecule has 1 N–H and O–H groups in total. The molecule has 0 aliphatic rings. The quantitative estimate of drug-likeness (QED) is 0.704. The van der Waals surface area contributed by atoms with Crippen LogP contribution in [0.1, 0.15) is 5.56 Å². The van der Waals surface area contributed by atoms with E-state index in [0.717, 1.165) is 6.42 Å². The number of rotatable bonds is 8. The zero-order valence-corrected chi connectivity index (χ0v) is 17.0. The standard InChI is InChI=1S/C18H23BrN2O3S/c1-21(2)15(11-14-7-5-4-6-8-14)13-20-25(22,23)16-9-10-18(24-3)17(19)12-16/h4-10,12,15,20H,11,13H2,1-3H3. The lowest BCUT2D eigenvalue weighted by molar-refractivity contribution is 0.291. The van der Waals surface area contributed by atoms with Crippen LogP contribution in [-0.2, 0) is 16.4 Å². The van der Waals surface area contributed by atoms with Crippen LogP contribution in [0.4, 0.5) is 0 Å². The smallest absolute Gasteiger partial charge is 0.240 e. The maximum Gasteiger partial charge on any atom is 0.240 e. The predicted octanol–water partition coefficient (Wildman–Crippen LogP) is 2.91. The monoisotopic (exact) mass is 426 g/mol. The highest BCUT2D eigenvalue weighted by Crippen LogP contribution is 2.27. The molecule has 1 atom stereocenters. The maximum atomic E-state index is 12.6. The minimum atomic E-state index is -3.59. The van der Waals surface area contributed by atoms with Gasteiger partial charge in [0, 0.05) is 12.6 Å². The Bertz CT molecular complexity index is 795. The topological polar surface area (TPSA) is 58.6 Å². The first-order valence-electron chi connectivity index (χ1n) is 7.87. The van der Waals surface area contributed by atoms with Crippen LogP contribution in [0.5, 0.6) is 5.75 Å². The fourth-order valence-electron chi connectivity index (χ4n) is 2.43. The van der Waals surface area contributed by atoms with Gasteiger partial charge >= 0.3 is 0 Å². The molecule has 0 fully saturated rings. The summed E-state index contributed by atoms with van der Waals surface area (Å²) in [5, 5.41) is 0. The molecule has 5 nitrogen and oxygen atoms in total. The average Bonchev–Trinajstić information content (AvgIpc) is 2.59. The van der Waals surface area contributed by atoms with Crippen LogP contribution in [-0.4, -0.2) is 47.1 Å². The van der Waals surface area contributed by atoms with Gasteiger partial charge in [0.25, 0.3) is 0 Å². The van der Waals surface area contributed by atoms with Gasteiger partial charge < -0.3 is 9.64 Å². The summed E-state index contributed by atoms with van der Waals surface area (Å²) in [7, 11) is 1.85. The van der Waals surface area contributed by atoms with Gasteiger partial charge in [-0.15, -0.1) is 0 Å². The van der Waals surface area contributed by atoms with E-state index in [0.29, 0.717) is 16.8 Å². The lowest BCUT2D eigenvalue weighted by atomic mass is 10.1. The molecule has 0 amide bonds. The molecule has 0 bridgehead atoms. The first-order valence-corrected chi connectivity index (χ1v) is 10.1. The van der Waals surface area contributed by atoms with Crippen LogP contribution >= 0.6 is 15.9 Å². The van der Waals surface area contributed by atoms with Crippen molar-refractivity contribution in [1.82, 2.24) is 9.62 Å². The number of benzene rings is 2. The third-order valence-corrected chi connectivity index (χ3v) is 6.03. The normalized spacial score (nSPS) is 13.0. The lowest BCUT2D eigenvalue weighted by Gasteiger charge is -2.24. The lowest BCUT2D eigenvalue weighted by Crippen LogP contribution is -2.41. The van der Waals surface area contributed by atoms with E-state index in [1.807, 2.05) is 49.3 Å². The van der Waals surface area contributed by atoms with Crippen molar-refractivity contribution >= 4 is 26.0 Å². The number of hydrogen-bond acceptors (Lipinski definition) is 4. The van der Waals surface area contributed by atoms with E-state index in [9.17, 15) is 8.42 Å². The first kappa shape index (κ1) is 19.9. The van der Waals surface area contributed by atoms with Crippen LogP contribution < -0.4 is 9.46 Å². The summed E-state index contributed by atoms with van der Waals surface area (Å²) in [6.07, 6.45) is 0.767. The summed E-state index contributed by atoms with van der Waals surface area (Å²) < 4.78 is 33.6. The van der Waals surface area contributed by atoms with Gasteiger partial charge in [-0.1, -0.05) is 30.3 Å². The summed E-state index contributed by atoms with van der Waals surface area (Å²) in [5.41, 5.74) is 1.17. The van der Waals surface area contributed by atoms with E-state index in [-0.39, 0.29) is 10.9 Å². The van der Waals surface area contributed by atoms with Crippen molar-refractivity contribution in [3.63, 3.8) is 0 Å². The van der Waals surface area contributed by atoms with Gasteiger partial charge in [0.05, 0.1) is 16.5 Å². The number of hydrogen-bond donors (Lipinski definition) is 1. The molecule has 0 radical (unpaired) electrons. The van der Waals surface area contributed by atoms with E-state index < -0.39 is 10.0 Å². The average molecular weight is 427 g/mol. The van der Waals surface area contributed by atoms with Gasteiger partial charge in [-0.2, -0.15) is 0 Å². The van der Waals surface area contributed by atoms with E-state index in [1.54, 1.807) is 12.1 Å². The van der Waals surface area contributed by atoms with E-state index in [2.05, 4.69) is 20.7 Å². The van der Waals surface area contributed by atoms with Crippen LogP contribution in [0, 0.1) is 0 Å². The zero-order chi connectivity index (χ0) is 18.4. The summed E-state index contributed by atoms with van der Waals surface area (Å²) in [4.78, 5) is 2.23. The van der Waals surface area contributed by atoms with Gasteiger partial charge in [0.1, 0.15) is 5.75 Å². The molecule has 0 spiro atoms. The number of methoxy groups -OCH3 is 1. The molecule has 0 aromatic heterocycles. The molecule has 0 saturated heterocycles. The Morgan fingerprint density at radius 3 is 2.40 bits per heavy atom. The summed E-state index contributed by atoms with van der Waals surface area (Å²) in [6, 6.07) is 14.8. The molecule has 0 aliphatic heterocycles. The van der Waals surface area contributed by atoms with Crippen molar-refractivity contribution in [2.24, 2.45) is 0 Å². The van der Waals surface area contributed by atoms with Crippen LogP contribution in [0.15, 0.2) is 57.9 Å². The minimum Gasteiger partial charge on any atom is -0.496 e. The number of ether oxygens (including phenoxy) is 1. The third kappa shape index (κ3) is 5.54. The van der Waals surface area contributed by atoms with Crippen LogP contribution in [0.2, 0.25) is 0 Å². The largest absolute Gasteiger partial charge is 0.496 e. The van der Waals surface area contributed by atoms with Gasteiger partial charge in [0.15, 0.2) is 0 Å². The Kier molecular flexibility index (Phi) is 7.01. The molecule has 25 heavy (non-hydrogen) atoms. The zero-order valence-electron chi connectivity index (χ0n) is 14.6. The molecular formula is C18H23BrN2O3S. The van der Waals surface area contributed by atoms with Crippen molar-refractivity contribution < 1.29 is 13.2 Å². The number of halogens is 1. The van der Waals surface area contributed by atoms with Crippen molar-refractivity contribution in [1.29, 1.82) is 0 Å². The molecule has 1 unspecified atom stereocenters. The van der Waals surface area contributed by atoms with Crippen molar-refractivity contribution in [3.05, 3.63) is 58.6 Å². The molecule has 0 heterocycles. The maximum absolute atomic E-state index is 12.6. The molecular weight excluding hydrogens is 404 g/mol. The van der Waals surface area contributed by atoms with Crippen molar-refractivity contribution in [3.8, 4) is 5.75 Å². The van der Waals surface area contributed by atoms with Crippen LogP contribution in [0.3, 0.4) is 0 Å². The summed E-state index contributed by atoms with van der Waals surface area (Å²) >= 11 is 3.32. The number of sulfonamides is 1. The van der Waals surface area contributed by atoms with E-state index >= 15 is 0 Å². The van der Waals surface area contributed by atoms with Crippen molar-refractivity contribution in [2.45, 2.75) is 17.4 Å². The Morgan fingerprint density at radius 2 is 1.84 bits per heavy atom. The fraction of sp³-hybridized carbons (Fsp3) is 0.333. The number of nitrogens with zero attached hydrogens (tertiary/aromatic N) is 1. The molecule has 2 aromatic rings. The van der Waals surface area contributed by atoms with Gasteiger partial charge in [-0.3, -0.25) is 0 Å². The molecule has 2 rings (SSSR count). The Hall–Kier alpha value is -1.41. The number of nitrogens with one attached hydrogen (secondary N) is 1. The second-order valence-electron chi connectivity index (χ2n) is 5.96. The highest BCUT2D eigenvalue weighted by molar-refractivity contribution is 9.10. The van der Waals surface area contributed by atoms with E-state index in [1.165, 1.54) is 18.7 Å². The molecule has 136 valence electrons. The molecule has 7 heteroatoms. The second-order valence-corrected chi connectivity index (χ2v) is 8.58. The van der Waals surface area contributed by atoms with Crippen molar-refractivity contribution in [2.75, 3.05) is 27.7 Å². The third-order valence-electron chi connectivity index (χ3n) is 3.99. The minimum absolute atomic E-state index is 0.0545. The highest BCUT2D eigenvalue weighted by Gasteiger charge is 2.19. The summed E-state index contributed by atoms with van der Waals surface area (Å²) in [6.45, 7) is 0.327. The Morgan fingerprint density at radius 1 is 1.16 bits per heavy atom. The SMILES string of the molecule is COc1ccc(S(=O)(=O)NCC(Cc2ccccc2)N(C)C)cc1Br. The molecule has 2 aromatic carbocycles. The van der Waals surface area contributed by atoms with Gasteiger partial charge in [-0.05, 0) is 60.2 Å². The number of likely N-dealkylation sites (N-methyl/N-ethyl adjacent to an activating group) is 1. The predicted molar refractivity (Wildman–Crippen MR) is 104 cm³/mol. The van der Waals surface area contributed by atoms with Gasteiger partial charge in [0.2, 0.25) is 10.0 Å². The van der Waals surface area contributed by atoms with E-state index in [4.69, 9.17) is 4.74 Å². The van der Waals surface area contributed by atoms with Crippen LogP contribution in [0.25, 0.3) is 0 Å². The Labute approximate surface area is 158 Å². The highest BCUT2D eigenvalue weighted by atomic mass is 79.9. The fourth-order valence-corrected chi connectivity index (χ4v) is 4.22. The molecule has 0 aliphatic carbocycles. The molecule has 0 saturated carbocycles. The Balaban J connectivity index is 2.09. The first-order chi connectivity index (χ1) is 11.8. The van der Waals surface area contributed by atoms with Gasteiger partial charge in [-0.25, -0.2) is 13.1 Å². The second kappa shape index (κ2) is 8.80. The summed E-state index contributed by atoms with van der Waals surface area (Å²) in [5.74, 6) is 0.592.